The fourth-order valence-corrected chi connectivity index (χ4v) is 1.43. The lowest BCUT2D eigenvalue weighted by Crippen LogP contribution is -1.96. The number of Topliss-reactive ketones (excluding diaryl/α,β-unsaturated/α-hetero) is 1. The van der Waals surface area contributed by atoms with Crippen molar-refractivity contribution in [1.82, 2.24) is 4.98 Å². The molecule has 1 aromatic carbocycles. The number of nitriles is 1. The molecular formula is C12H8N2O. The molecule has 0 unspecified atom stereocenters. The molecule has 0 bridgehead atoms. The SMILES string of the molecule is N#CCC(=O)c1ccc2cnccc2c1. The molecule has 0 saturated carbocycles. The first-order valence-corrected chi connectivity index (χ1v) is 4.55. The van der Waals surface area contributed by atoms with Crippen molar-refractivity contribution in [3.63, 3.8) is 0 Å². The van der Waals surface area contributed by atoms with Gasteiger partial charge in [-0.15, -0.1) is 0 Å². The fourth-order valence-electron chi connectivity index (χ4n) is 1.43. The highest BCUT2D eigenvalue weighted by molar-refractivity contribution is 6.00. The first kappa shape index (κ1) is 9.35. The van der Waals surface area contributed by atoms with E-state index in [0.29, 0.717) is 5.56 Å². The number of fused-ring (bicyclic) bond motifs is 1. The Bertz CT molecular complexity index is 555. The summed E-state index contributed by atoms with van der Waals surface area (Å²) >= 11 is 0. The van der Waals surface area contributed by atoms with E-state index in [-0.39, 0.29) is 12.2 Å². The first-order valence-electron chi connectivity index (χ1n) is 4.55. The number of rotatable bonds is 2. The molecule has 0 spiro atoms. The largest absolute Gasteiger partial charge is 0.293 e. The summed E-state index contributed by atoms with van der Waals surface area (Å²) in [4.78, 5) is 15.4. The number of benzene rings is 1. The summed E-state index contributed by atoms with van der Waals surface area (Å²) in [6, 6.07) is 9.05. The number of aromatic nitrogens is 1. The van der Waals surface area contributed by atoms with Gasteiger partial charge in [0.15, 0.2) is 5.78 Å². The Balaban J connectivity index is 2.48. The van der Waals surface area contributed by atoms with E-state index in [1.807, 2.05) is 18.2 Å². The van der Waals surface area contributed by atoms with Crippen LogP contribution in [0.5, 0.6) is 0 Å². The van der Waals surface area contributed by atoms with Crippen LogP contribution in [-0.4, -0.2) is 10.8 Å². The van der Waals surface area contributed by atoms with Crippen molar-refractivity contribution in [3.8, 4) is 6.07 Å². The molecule has 0 fully saturated rings. The van der Waals surface area contributed by atoms with E-state index in [9.17, 15) is 4.79 Å². The van der Waals surface area contributed by atoms with E-state index in [1.54, 1.807) is 24.5 Å². The highest BCUT2D eigenvalue weighted by atomic mass is 16.1. The molecule has 3 nitrogen and oxygen atoms in total. The number of carbonyl (C=O) groups excluding carboxylic acids is 1. The summed E-state index contributed by atoms with van der Waals surface area (Å²) in [6.07, 6.45) is 3.35. The summed E-state index contributed by atoms with van der Waals surface area (Å²) in [5.74, 6) is -0.142. The molecule has 0 aliphatic rings. The third-order valence-electron chi connectivity index (χ3n) is 2.20. The van der Waals surface area contributed by atoms with E-state index in [4.69, 9.17) is 5.26 Å². The summed E-state index contributed by atoms with van der Waals surface area (Å²) in [5, 5.41) is 10.4. The third kappa shape index (κ3) is 1.84. The standard InChI is InChI=1S/C12H8N2O/c13-5-3-12(15)10-1-2-11-8-14-6-4-9(11)7-10/h1-2,4,6-8H,3H2. The zero-order chi connectivity index (χ0) is 10.7. The van der Waals surface area contributed by atoms with Gasteiger partial charge < -0.3 is 0 Å². The maximum absolute atomic E-state index is 11.5. The van der Waals surface area contributed by atoms with Crippen LogP contribution in [0.1, 0.15) is 16.8 Å². The Morgan fingerprint density at radius 2 is 2.20 bits per heavy atom. The Morgan fingerprint density at radius 3 is 3.00 bits per heavy atom. The van der Waals surface area contributed by atoms with E-state index < -0.39 is 0 Å². The van der Waals surface area contributed by atoms with Gasteiger partial charge in [-0.3, -0.25) is 9.78 Å². The molecule has 0 saturated heterocycles. The molecule has 72 valence electrons. The number of nitrogens with zero attached hydrogens (tertiary/aromatic N) is 2. The van der Waals surface area contributed by atoms with Crippen molar-refractivity contribution in [3.05, 3.63) is 42.2 Å². The molecule has 0 aliphatic heterocycles. The lowest BCUT2D eigenvalue weighted by Gasteiger charge is -1.99. The Morgan fingerprint density at radius 1 is 1.33 bits per heavy atom. The zero-order valence-corrected chi connectivity index (χ0v) is 7.97. The molecule has 0 atom stereocenters. The average molecular weight is 196 g/mol. The average Bonchev–Trinajstić information content (AvgIpc) is 2.29. The number of ketones is 1. The van der Waals surface area contributed by atoms with E-state index in [1.165, 1.54) is 0 Å². The van der Waals surface area contributed by atoms with Gasteiger partial charge >= 0.3 is 0 Å². The lowest BCUT2D eigenvalue weighted by molar-refractivity contribution is 0.0998. The van der Waals surface area contributed by atoms with Gasteiger partial charge in [0.2, 0.25) is 0 Å². The van der Waals surface area contributed by atoms with Crippen LogP contribution in [-0.2, 0) is 0 Å². The van der Waals surface area contributed by atoms with E-state index >= 15 is 0 Å². The molecule has 1 heterocycles. The third-order valence-corrected chi connectivity index (χ3v) is 2.20. The van der Waals surface area contributed by atoms with Gasteiger partial charge in [0.1, 0.15) is 0 Å². The van der Waals surface area contributed by atoms with Crippen LogP contribution in [0.2, 0.25) is 0 Å². The monoisotopic (exact) mass is 196 g/mol. The number of hydrogen-bond acceptors (Lipinski definition) is 3. The molecule has 0 amide bonds. The number of hydrogen-bond donors (Lipinski definition) is 0. The second-order valence-electron chi connectivity index (χ2n) is 3.20. The normalized spacial score (nSPS) is 9.80. The van der Waals surface area contributed by atoms with Gasteiger partial charge in [-0.05, 0) is 17.5 Å². The molecule has 0 aliphatic carbocycles. The minimum absolute atomic E-state index is 0.0728. The van der Waals surface area contributed by atoms with Crippen molar-refractivity contribution in [2.45, 2.75) is 6.42 Å². The quantitative estimate of drug-likeness (QED) is 0.692. The van der Waals surface area contributed by atoms with Crippen LogP contribution in [0.25, 0.3) is 10.8 Å². The van der Waals surface area contributed by atoms with Crippen molar-refractivity contribution >= 4 is 16.6 Å². The zero-order valence-electron chi connectivity index (χ0n) is 7.97. The van der Waals surface area contributed by atoms with Crippen molar-refractivity contribution in [2.24, 2.45) is 0 Å². The summed E-state index contributed by atoms with van der Waals surface area (Å²) in [6.45, 7) is 0. The Labute approximate surface area is 87.0 Å². The molecule has 15 heavy (non-hydrogen) atoms. The maximum Gasteiger partial charge on any atom is 0.176 e. The molecule has 1 aromatic heterocycles. The minimum Gasteiger partial charge on any atom is -0.293 e. The predicted molar refractivity (Wildman–Crippen MR) is 56.3 cm³/mol. The van der Waals surface area contributed by atoms with Gasteiger partial charge in [-0.2, -0.15) is 5.26 Å². The molecule has 0 radical (unpaired) electrons. The number of carbonyl (C=O) groups is 1. The van der Waals surface area contributed by atoms with Crippen molar-refractivity contribution in [2.75, 3.05) is 0 Å². The van der Waals surface area contributed by atoms with Crippen molar-refractivity contribution in [1.29, 1.82) is 5.26 Å². The summed E-state index contributed by atoms with van der Waals surface area (Å²) < 4.78 is 0. The second kappa shape index (κ2) is 3.89. The fraction of sp³-hybridized carbons (Fsp3) is 0.0833. The predicted octanol–water partition coefficient (Wildman–Crippen LogP) is 2.33. The van der Waals surface area contributed by atoms with Crippen LogP contribution < -0.4 is 0 Å². The summed E-state index contributed by atoms with van der Waals surface area (Å²) in [5.41, 5.74) is 0.579. The maximum atomic E-state index is 11.5. The van der Waals surface area contributed by atoms with Crippen LogP contribution >= 0.6 is 0 Å². The highest BCUT2D eigenvalue weighted by Crippen LogP contribution is 2.15. The Hall–Kier alpha value is -2.21. The smallest absolute Gasteiger partial charge is 0.176 e. The molecule has 2 aromatic rings. The van der Waals surface area contributed by atoms with Gasteiger partial charge in [0.25, 0.3) is 0 Å². The highest BCUT2D eigenvalue weighted by Gasteiger charge is 2.05. The van der Waals surface area contributed by atoms with E-state index in [0.717, 1.165) is 10.8 Å². The van der Waals surface area contributed by atoms with Crippen LogP contribution in [0.4, 0.5) is 0 Å². The van der Waals surface area contributed by atoms with Gasteiger partial charge in [0, 0.05) is 23.3 Å². The molecule has 2 rings (SSSR count). The van der Waals surface area contributed by atoms with E-state index in [2.05, 4.69) is 4.98 Å². The van der Waals surface area contributed by atoms with Crippen LogP contribution in [0, 0.1) is 11.3 Å². The lowest BCUT2D eigenvalue weighted by atomic mass is 10.0. The first-order chi connectivity index (χ1) is 7.31. The van der Waals surface area contributed by atoms with Crippen LogP contribution in [0.3, 0.4) is 0 Å². The molecule has 3 heteroatoms. The molecule has 0 N–H and O–H groups in total. The van der Waals surface area contributed by atoms with Gasteiger partial charge in [-0.1, -0.05) is 12.1 Å². The van der Waals surface area contributed by atoms with Crippen LogP contribution in [0.15, 0.2) is 36.7 Å². The Kier molecular flexibility index (Phi) is 2.42. The van der Waals surface area contributed by atoms with Gasteiger partial charge in [0.05, 0.1) is 12.5 Å². The van der Waals surface area contributed by atoms with Gasteiger partial charge in [-0.25, -0.2) is 0 Å². The topological polar surface area (TPSA) is 53.8 Å². The summed E-state index contributed by atoms with van der Waals surface area (Å²) in [7, 11) is 0. The minimum atomic E-state index is -0.142. The number of pyridine rings is 1. The molecular weight excluding hydrogens is 188 g/mol. The van der Waals surface area contributed by atoms with Crippen molar-refractivity contribution < 1.29 is 4.79 Å². The second-order valence-corrected chi connectivity index (χ2v) is 3.20.